The van der Waals surface area contributed by atoms with E-state index in [9.17, 15) is 9.59 Å². The van der Waals surface area contributed by atoms with Crippen molar-refractivity contribution in [2.45, 2.75) is 45.4 Å². The van der Waals surface area contributed by atoms with Gasteiger partial charge >= 0.3 is 0 Å². The van der Waals surface area contributed by atoms with Gasteiger partial charge in [-0.05, 0) is 30.8 Å². The van der Waals surface area contributed by atoms with Crippen molar-refractivity contribution in [3.8, 4) is 5.75 Å². The lowest BCUT2D eigenvalue weighted by Gasteiger charge is -2.13. The van der Waals surface area contributed by atoms with Crippen LogP contribution in [0, 0.1) is 0 Å². The summed E-state index contributed by atoms with van der Waals surface area (Å²) in [5.41, 5.74) is 5.34. The predicted octanol–water partition coefficient (Wildman–Crippen LogP) is 3.25. The molecule has 0 heterocycles. The van der Waals surface area contributed by atoms with Crippen LogP contribution in [0.5, 0.6) is 5.75 Å². The van der Waals surface area contributed by atoms with Crippen LogP contribution in [0.4, 0.5) is 0 Å². The molecule has 0 unspecified atom stereocenters. The third-order valence-electron chi connectivity index (χ3n) is 3.54. The second-order valence-electron chi connectivity index (χ2n) is 5.72. The molecule has 0 spiro atoms. The number of benzene rings is 1. The summed E-state index contributed by atoms with van der Waals surface area (Å²) in [4.78, 5) is 24.0. The van der Waals surface area contributed by atoms with Crippen LogP contribution in [0.3, 0.4) is 0 Å². The van der Waals surface area contributed by atoms with E-state index in [4.69, 9.17) is 17.0 Å². The van der Waals surface area contributed by atoms with Crippen molar-refractivity contribution in [1.82, 2.24) is 16.2 Å². The molecule has 0 fully saturated rings. The fourth-order valence-corrected chi connectivity index (χ4v) is 2.38. The molecule has 1 rings (SSSR count). The molecule has 0 saturated heterocycles. The molecule has 3 N–H and O–H groups in total. The van der Waals surface area contributed by atoms with Crippen molar-refractivity contribution in [3.63, 3.8) is 0 Å². The van der Waals surface area contributed by atoms with Gasteiger partial charge in [0, 0.05) is 6.42 Å². The molecule has 6 nitrogen and oxygen atoms in total. The summed E-state index contributed by atoms with van der Waals surface area (Å²) in [5.74, 6) is -0.141. The first-order chi connectivity index (χ1) is 12.6. The summed E-state index contributed by atoms with van der Waals surface area (Å²) >= 11 is 5.02. The highest BCUT2D eigenvalue weighted by molar-refractivity contribution is 7.80. The highest BCUT2D eigenvalue weighted by atomic mass is 32.1. The summed E-state index contributed by atoms with van der Waals surface area (Å²) in [6, 6.07) is 6.83. The molecular weight excluding hydrogens is 350 g/mol. The number of amides is 2. The fourth-order valence-electron chi connectivity index (χ4n) is 2.22. The molecule has 0 atom stereocenters. The number of para-hydroxylation sites is 1. The van der Waals surface area contributed by atoms with Crippen LogP contribution in [0.1, 0.15) is 55.8 Å². The molecule has 1 aromatic rings. The van der Waals surface area contributed by atoms with Crippen LogP contribution >= 0.6 is 12.2 Å². The van der Waals surface area contributed by atoms with E-state index in [0.717, 1.165) is 19.3 Å². The molecule has 26 heavy (non-hydrogen) atoms. The number of carbonyl (C=O) groups excluding carboxylic acids is 2. The summed E-state index contributed by atoms with van der Waals surface area (Å²) in [6.07, 6.45) is 7.36. The first-order valence-electron chi connectivity index (χ1n) is 8.81. The summed E-state index contributed by atoms with van der Waals surface area (Å²) in [6.45, 7) is 6.02. The van der Waals surface area contributed by atoms with E-state index >= 15 is 0 Å². The standard InChI is InChI=1S/C19H27N3O3S/c1-3-5-6-7-8-13-17(23)20-19(26)22-21-18(24)15-11-9-10-12-16(15)25-14-4-2/h4,9-12H,2-3,5-8,13-14H2,1H3,(H,21,24)(H2,20,22,23,26). The van der Waals surface area contributed by atoms with E-state index in [0.29, 0.717) is 24.3 Å². The van der Waals surface area contributed by atoms with Crippen molar-refractivity contribution in [2.24, 2.45) is 0 Å². The maximum atomic E-state index is 12.2. The van der Waals surface area contributed by atoms with Gasteiger partial charge in [-0.15, -0.1) is 0 Å². The number of hydrogen-bond donors (Lipinski definition) is 3. The van der Waals surface area contributed by atoms with E-state index in [-0.39, 0.29) is 11.0 Å². The molecule has 0 aliphatic rings. The third kappa shape index (κ3) is 8.62. The molecule has 142 valence electrons. The first kappa shape index (κ1) is 21.6. The highest BCUT2D eigenvalue weighted by Crippen LogP contribution is 2.17. The van der Waals surface area contributed by atoms with E-state index in [1.54, 1.807) is 30.3 Å². The Morgan fingerprint density at radius 1 is 1.15 bits per heavy atom. The average molecular weight is 378 g/mol. The minimum Gasteiger partial charge on any atom is -0.489 e. The Balaban J connectivity index is 2.37. The zero-order valence-electron chi connectivity index (χ0n) is 15.2. The Labute approximate surface area is 160 Å². The molecule has 0 saturated carbocycles. The number of ether oxygens (including phenoxy) is 1. The van der Waals surface area contributed by atoms with E-state index in [1.165, 1.54) is 12.8 Å². The number of unbranched alkanes of at least 4 members (excludes halogenated alkanes) is 4. The van der Waals surface area contributed by atoms with Crippen LogP contribution in [0.25, 0.3) is 0 Å². The van der Waals surface area contributed by atoms with Crippen LogP contribution in [-0.2, 0) is 4.79 Å². The Morgan fingerprint density at radius 3 is 2.62 bits per heavy atom. The SMILES string of the molecule is C=CCOc1ccccc1C(=O)NNC(=S)NC(=O)CCCCCCC. The van der Waals surface area contributed by atoms with Crippen LogP contribution in [0.15, 0.2) is 36.9 Å². The Hall–Kier alpha value is -2.41. The smallest absolute Gasteiger partial charge is 0.273 e. The second-order valence-corrected chi connectivity index (χ2v) is 6.12. The number of hydrazine groups is 1. The van der Waals surface area contributed by atoms with Crippen molar-refractivity contribution < 1.29 is 14.3 Å². The number of carbonyl (C=O) groups is 2. The number of nitrogens with one attached hydrogen (secondary N) is 3. The number of thiocarbonyl (C=S) groups is 1. The van der Waals surface area contributed by atoms with Crippen molar-refractivity contribution >= 4 is 29.1 Å². The molecular formula is C19H27N3O3S. The molecule has 7 heteroatoms. The Bertz CT molecular complexity index is 620. The van der Waals surface area contributed by atoms with Crippen LogP contribution < -0.4 is 20.9 Å². The normalized spacial score (nSPS) is 9.88. The quantitative estimate of drug-likeness (QED) is 0.252. The van der Waals surface area contributed by atoms with Gasteiger partial charge in [-0.3, -0.25) is 20.4 Å². The molecule has 0 bridgehead atoms. The second kappa shape index (κ2) is 12.9. The number of rotatable bonds is 10. The monoisotopic (exact) mass is 377 g/mol. The molecule has 0 aliphatic heterocycles. The fraction of sp³-hybridized carbons (Fsp3) is 0.421. The van der Waals surface area contributed by atoms with E-state index in [2.05, 4.69) is 29.7 Å². The van der Waals surface area contributed by atoms with Gasteiger partial charge in [-0.2, -0.15) is 0 Å². The van der Waals surface area contributed by atoms with Gasteiger partial charge in [0.15, 0.2) is 5.11 Å². The zero-order chi connectivity index (χ0) is 19.2. The minimum atomic E-state index is -0.416. The maximum Gasteiger partial charge on any atom is 0.273 e. The van der Waals surface area contributed by atoms with Gasteiger partial charge in [0.05, 0.1) is 5.56 Å². The first-order valence-corrected chi connectivity index (χ1v) is 9.22. The van der Waals surface area contributed by atoms with Crippen molar-refractivity contribution in [3.05, 3.63) is 42.5 Å². The van der Waals surface area contributed by atoms with Gasteiger partial charge in [0.25, 0.3) is 5.91 Å². The molecule has 0 aliphatic carbocycles. The highest BCUT2D eigenvalue weighted by Gasteiger charge is 2.12. The van der Waals surface area contributed by atoms with Crippen molar-refractivity contribution in [1.29, 1.82) is 0 Å². The Morgan fingerprint density at radius 2 is 1.88 bits per heavy atom. The van der Waals surface area contributed by atoms with Gasteiger partial charge < -0.3 is 10.1 Å². The summed E-state index contributed by atoms with van der Waals surface area (Å²) in [5, 5.41) is 2.61. The van der Waals surface area contributed by atoms with Gasteiger partial charge in [0.1, 0.15) is 12.4 Å². The topological polar surface area (TPSA) is 79.5 Å². The van der Waals surface area contributed by atoms with Gasteiger partial charge in [-0.25, -0.2) is 0 Å². The molecule has 1 aromatic carbocycles. The molecule has 0 aromatic heterocycles. The largest absolute Gasteiger partial charge is 0.489 e. The van der Waals surface area contributed by atoms with Gasteiger partial charge in [-0.1, -0.05) is 57.4 Å². The minimum absolute atomic E-state index is 0.0569. The summed E-state index contributed by atoms with van der Waals surface area (Å²) in [7, 11) is 0. The van der Waals surface area contributed by atoms with Crippen LogP contribution in [-0.4, -0.2) is 23.5 Å². The average Bonchev–Trinajstić information content (AvgIpc) is 2.64. The Kier molecular flexibility index (Phi) is 10.7. The van der Waals surface area contributed by atoms with E-state index in [1.807, 2.05) is 0 Å². The molecule has 0 radical (unpaired) electrons. The summed E-state index contributed by atoms with van der Waals surface area (Å²) < 4.78 is 5.44. The lowest BCUT2D eigenvalue weighted by molar-refractivity contribution is -0.119. The molecule has 2 amide bonds. The van der Waals surface area contributed by atoms with Crippen LogP contribution in [0.2, 0.25) is 0 Å². The lowest BCUT2D eigenvalue weighted by Crippen LogP contribution is -2.48. The maximum absolute atomic E-state index is 12.2. The third-order valence-corrected chi connectivity index (χ3v) is 3.74. The lowest BCUT2D eigenvalue weighted by atomic mass is 10.1. The zero-order valence-corrected chi connectivity index (χ0v) is 16.0. The number of hydrogen-bond acceptors (Lipinski definition) is 4. The van der Waals surface area contributed by atoms with E-state index < -0.39 is 5.91 Å². The predicted molar refractivity (Wildman–Crippen MR) is 107 cm³/mol. The van der Waals surface area contributed by atoms with Gasteiger partial charge in [0.2, 0.25) is 5.91 Å². The van der Waals surface area contributed by atoms with Crippen molar-refractivity contribution in [2.75, 3.05) is 6.61 Å².